The Hall–Kier alpha value is -1.85. The molecule has 0 radical (unpaired) electrons. The van der Waals surface area contributed by atoms with E-state index in [1.165, 1.54) is 0 Å². The quantitative estimate of drug-likeness (QED) is 0.845. The molecule has 3 rings (SSSR count). The summed E-state index contributed by atoms with van der Waals surface area (Å²) in [7, 11) is 0. The Bertz CT molecular complexity index is 517. The van der Waals surface area contributed by atoms with Crippen molar-refractivity contribution in [3.63, 3.8) is 0 Å². The Labute approximate surface area is 111 Å². The topological polar surface area (TPSA) is 78.1 Å². The summed E-state index contributed by atoms with van der Waals surface area (Å²) in [5, 5.41) is 9.96. The number of nitrogens with zero attached hydrogens (tertiary/aromatic N) is 2. The van der Waals surface area contributed by atoms with E-state index in [2.05, 4.69) is 15.5 Å². The fourth-order valence-electron chi connectivity index (χ4n) is 2.87. The summed E-state index contributed by atoms with van der Waals surface area (Å²) in [5.74, 6) is 0.819. The molecule has 0 atom stereocenters. The van der Waals surface area contributed by atoms with Crippen molar-refractivity contribution in [1.29, 1.82) is 0 Å². The average Bonchev–Trinajstić information content (AvgIpc) is 3.05. The predicted molar refractivity (Wildman–Crippen MR) is 69.1 cm³/mol. The van der Waals surface area contributed by atoms with E-state index < -0.39 is 0 Å². The van der Waals surface area contributed by atoms with Gasteiger partial charge in [-0.15, -0.1) is 0 Å². The van der Waals surface area contributed by atoms with Gasteiger partial charge in [-0.2, -0.15) is 5.10 Å². The van der Waals surface area contributed by atoms with Crippen LogP contribution < -0.4 is 5.32 Å². The number of anilines is 1. The Morgan fingerprint density at radius 1 is 1.32 bits per heavy atom. The minimum Gasteiger partial charge on any atom is -0.333 e. The number of aromatic nitrogens is 2. The first-order valence-corrected chi connectivity index (χ1v) is 6.77. The van der Waals surface area contributed by atoms with Crippen LogP contribution in [0.5, 0.6) is 0 Å². The zero-order valence-electron chi connectivity index (χ0n) is 11.0. The molecule has 0 saturated heterocycles. The molecule has 0 unspecified atom stereocenters. The number of fused-ring (bicyclic) bond motifs is 1. The van der Waals surface area contributed by atoms with Crippen LogP contribution in [-0.4, -0.2) is 26.9 Å². The fraction of sp³-hybridized carbons (Fsp3) is 0.615. The molecular formula is C13H18N4O2. The van der Waals surface area contributed by atoms with Gasteiger partial charge in [0.2, 0.25) is 11.8 Å². The number of H-pyrrole nitrogens is 1. The van der Waals surface area contributed by atoms with Crippen LogP contribution in [0.2, 0.25) is 0 Å². The highest BCUT2D eigenvalue weighted by molar-refractivity contribution is 5.92. The molecule has 0 bridgehead atoms. The molecule has 6 nitrogen and oxygen atoms in total. The molecule has 1 saturated carbocycles. The molecular weight excluding hydrogens is 244 g/mol. The van der Waals surface area contributed by atoms with Crippen molar-refractivity contribution in [2.45, 2.75) is 45.7 Å². The summed E-state index contributed by atoms with van der Waals surface area (Å²) in [4.78, 5) is 25.2. The molecule has 2 N–H and O–H groups in total. The van der Waals surface area contributed by atoms with E-state index in [-0.39, 0.29) is 17.7 Å². The van der Waals surface area contributed by atoms with Gasteiger partial charge in [-0.1, -0.05) is 12.8 Å². The highest BCUT2D eigenvalue weighted by Crippen LogP contribution is 2.29. The third-order valence-electron chi connectivity index (χ3n) is 4.06. The van der Waals surface area contributed by atoms with Gasteiger partial charge in [-0.05, 0) is 12.8 Å². The molecule has 1 aromatic rings. The van der Waals surface area contributed by atoms with E-state index in [1.54, 1.807) is 11.8 Å². The molecule has 1 aliphatic heterocycles. The zero-order chi connectivity index (χ0) is 13.4. The minimum absolute atomic E-state index is 0.0395. The first kappa shape index (κ1) is 12.2. The Kier molecular flexibility index (Phi) is 3.00. The molecule has 2 heterocycles. The summed E-state index contributed by atoms with van der Waals surface area (Å²) >= 11 is 0. The first-order valence-electron chi connectivity index (χ1n) is 6.77. The molecule has 19 heavy (non-hydrogen) atoms. The van der Waals surface area contributed by atoms with E-state index in [1.807, 2.05) is 0 Å². The van der Waals surface area contributed by atoms with Gasteiger partial charge < -0.3 is 10.2 Å². The van der Waals surface area contributed by atoms with Gasteiger partial charge in [0.25, 0.3) is 0 Å². The zero-order valence-corrected chi connectivity index (χ0v) is 11.0. The van der Waals surface area contributed by atoms with Crippen molar-refractivity contribution in [3.05, 3.63) is 11.3 Å². The third-order valence-corrected chi connectivity index (χ3v) is 4.06. The van der Waals surface area contributed by atoms with Crippen molar-refractivity contribution in [3.8, 4) is 0 Å². The van der Waals surface area contributed by atoms with Crippen LogP contribution in [-0.2, 0) is 22.7 Å². The summed E-state index contributed by atoms with van der Waals surface area (Å²) in [5.41, 5.74) is 1.87. The molecule has 1 aromatic heterocycles. The summed E-state index contributed by atoms with van der Waals surface area (Å²) in [6.07, 6.45) is 4.21. The third kappa shape index (κ3) is 2.22. The van der Waals surface area contributed by atoms with Gasteiger partial charge >= 0.3 is 0 Å². The van der Waals surface area contributed by atoms with E-state index in [4.69, 9.17) is 0 Å². The lowest BCUT2D eigenvalue weighted by Crippen LogP contribution is -2.24. The smallest absolute Gasteiger partial charge is 0.228 e. The number of carbonyl (C=O) groups excluding carboxylic acids is 2. The lowest BCUT2D eigenvalue weighted by Gasteiger charge is -2.13. The summed E-state index contributed by atoms with van der Waals surface area (Å²) < 4.78 is 0. The van der Waals surface area contributed by atoms with Gasteiger partial charge in [0.1, 0.15) is 0 Å². The molecule has 6 heteroatoms. The number of rotatable bonds is 2. The van der Waals surface area contributed by atoms with Crippen molar-refractivity contribution in [1.82, 2.24) is 15.1 Å². The van der Waals surface area contributed by atoms with Crippen LogP contribution in [0.15, 0.2) is 0 Å². The van der Waals surface area contributed by atoms with Crippen LogP contribution in [0.4, 0.5) is 5.82 Å². The maximum atomic E-state index is 12.1. The maximum absolute atomic E-state index is 12.1. The lowest BCUT2D eigenvalue weighted by atomic mass is 10.1. The molecule has 1 aliphatic carbocycles. The second-order valence-corrected chi connectivity index (χ2v) is 5.38. The van der Waals surface area contributed by atoms with Crippen LogP contribution >= 0.6 is 0 Å². The molecule has 0 aromatic carbocycles. The van der Waals surface area contributed by atoms with Gasteiger partial charge in [0.15, 0.2) is 5.82 Å². The van der Waals surface area contributed by atoms with Crippen LogP contribution in [0.25, 0.3) is 0 Å². The Morgan fingerprint density at radius 2 is 2.05 bits per heavy atom. The molecule has 2 aliphatic rings. The number of hydrogen-bond donors (Lipinski definition) is 2. The fourth-order valence-corrected chi connectivity index (χ4v) is 2.87. The van der Waals surface area contributed by atoms with Crippen molar-refractivity contribution < 1.29 is 9.59 Å². The monoisotopic (exact) mass is 262 g/mol. The predicted octanol–water partition coefficient (Wildman–Crippen LogP) is 1.40. The largest absolute Gasteiger partial charge is 0.333 e. The summed E-state index contributed by atoms with van der Waals surface area (Å²) in [6, 6.07) is 0. The Balaban J connectivity index is 1.70. The minimum atomic E-state index is 0.0395. The normalized spacial score (nSPS) is 18.7. The first-order chi connectivity index (χ1) is 9.15. The van der Waals surface area contributed by atoms with Crippen molar-refractivity contribution in [2.24, 2.45) is 5.92 Å². The van der Waals surface area contributed by atoms with E-state index >= 15 is 0 Å². The SMILES string of the molecule is CC(=O)N1Cc2[nH]nc(NC(=O)C3CCCC3)c2C1. The van der Waals surface area contributed by atoms with Gasteiger partial charge in [-0.25, -0.2) is 0 Å². The van der Waals surface area contributed by atoms with Gasteiger partial charge in [0.05, 0.1) is 18.8 Å². The standard InChI is InChI=1S/C13H18N4O2/c1-8(18)17-6-10-11(7-17)15-16-12(10)14-13(19)9-4-2-3-5-9/h9H,2-7H2,1H3,(H2,14,15,16,19). The molecule has 1 fully saturated rings. The molecule has 0 spiro atoms. The highest BCUT2D eigenvalue weighted by Gasteiger charge is 2.29. The van der Waals surface area contributed by atoms with E-state index in [0.717, 1.165) is 36.9 Å². The molecule has 2 amide bonds. The number of carbonyl (C=O) groups is 2. The lowest BCUT2D eigenvalue weighted by molar-refractivity contribution is -0.129. The van der Waals surface area contributed by atoms with Crippen LogP contribution in [0.1, 0.15) is 43.9 Å². The summed E-state index contributed by atoms with van der Waals surface area (Å²) in [6.45, 7) is 2.63. The van der Waals surface area contributed by atoms with E-state index in [0.29, 0.717) is 18.9 Å². The van der Waals surface area contributed by atoms with Gasteiger partial charge in [0, 0.05) is 18.4 Å². The van der Waals surface area contributed by atoms with Crippen molar-refractivity contribution in [2.75, 3.05) is 5.32 Å². The second-order valence-electron chi connectivity index (χ2n) is 5.38. The number of aromatic amines is 1. The van der Waals surface area contributed by atoms with Gasteiger partial charge in [-0.3, -0.25) is 14.7 Å². The maximum Gasteiger partial charge on any atom is 0.228 e. The Morgan fingerprint density at radius 3 is 2.74 bits per heavy atom. The molecule has 102 valence electrons. The van der Waals surface area contributed by atoms with Crippen LogP contribution in [0, 0.1) is 5.92 Å². The number of nitrogens with one attached hydrogen (secondary N) is 2. The second kappa shape index (κ2) is 4.68. The highest BCUT2D eigenvalue weighted by atomic mass is 16.2. The average molecular weight is 262 g/mol. The number of amides is 2. The van der Waals surface area contributed by atoms with E-state index in [9.17, 15) is 9.59 Å². The van der Waals surface area contributed by atoms with Crippen LogP contribution in [0.3, 0.4) is 0 Å². The number of hydrogen-bond acceptors (Lipinski definition) is 3. The van der Waals surface area contributed by atoms with Crippen molar-refractivity contribution >= 4 is 17.6 Å².